The standard InChI is InChI=1S/C16H22N4OS2/c1-16(2,3)12-9-22-13(20-12)7-18-15(21)17-6-11-8-23-14(19-11)10-4-5-10/h8-10H,4-7H2,1-3H3,(H2,17,18,21). The summed E-state index contributed by atoms with van der Waals surface area (Å²) in [7, 11) is 0. The molecule has 0 saturated heterocycles. The highest BCUT2D eigenvalue weighted by Gasteiger charge is 2.26. The molecule has 0 bridgehead atoms. The summed E-state index contributed by atoms with van der Waals surface area (Å²) in [5.74, 6) is 0.671. The molecule has 0 radical (unpaired) electrons. The van der Waals surface area contributed by atoms with Crippen LogP contribution in [0.4, 0.5) is 4.79 Å². The van der Waals surface area contributed by atoms with E-state index in [9.17, 15) is 4.79 Å². The molecule has 1 aliphatic rings. The van der Waals surface area contributed by atoms with Crippen molar-refractivity contribution in [3.05, 3.63) is 32.2 Å². The van der Waals surface area contributed by atoms with Crippen LogP contribution in [-0.4, -0.2) is 16.0 Å². The Kier molecular flexibility index (Phi) is 4.68. The van der Waals surface area contributed by atoms with Gasteiger partial charge in [-0.1, -0.05) is 20.8 Å². The Bertz CT molecular complexity index is 682. The second-order valence-electron chi connectivity index (χ2n) is 6.86. The number of nitrogens with one attached hydrogen (secondary N) is 2. The number of hydrogen-bond acceptors (Lipinski definition) is 5. The van der Waals surface area contributed by atoms with Gasteiger partial charge in [0, 0.05) is 22.1 Å². The predicted octanol–water partition coefficient (Wildman–Crippen LogP) is 3.77. The normalized spacial score (nSPS) is 14.7. The smallest absolute Gasteiger partial charge is 0.315 e. The second-order valence-corrected chi connectivity index (χ2v) is 8.70. The first-order valence-electron chi connectivity index (χ1n) is 7.82. The van der Waals surface area contributed by atoms with Crippen molar-refractivity contribution in [1.29, 1.82) is 0 Å². The molecule has 2 aromatic heterocycles. The van der Waals surface area contributed by atoms with Crippen LogP contribution in [0.1, 0.15) is 60.9 Å². The lowest BCUT2D eigenvalue weighted by Crippen LogP contribution is -2.34. The number of hydrogen-bond donors (Lipinski definition) is 2. The number of nitrogens with zero attached hydrogens (tertiary/aromatic N) is 2. The fourth-order valence-electron chi connectivity index (χ4n) is 2.05. The lowest BCUT2D eigenvalue weighted by atomic mass is 9.93. The Morgan fingerprint density at radius 1 is 1.17 bits per heavy atom. The van der Waals surface area contributed by atoms with Gasteiger partial charge in [0.05, 0.1) is 29.5 Å². The molecule has 1 aliphatic carbocycles. The van der Waals surface area contributed by atoms with Crippen LogP contribution in [-0.2, 0) is 18.5 Å². The van der Waals surface area contributed by atoms with E-state index in [1.807, 2.05) is 5.38 Å². The second kappa shape index (κ2) is 6.57. The van der Waals surface area contributed by atoms with Gasteiger partial charge in [-0.3, -0.25) is 0 Å². The molecule has 1 saturated carbocycles. The van der Waals surface area contributed by atoms with Gasteiger partial charge in [-0.05, 0) is 12.8 Å². The Labute approximate surface area is 144 Å². The fraction of sp³-hybridized carbons (Fsp3) is 0.562. The Balaban J connectivity index is 1.43. The van der Waals surface area contributed by atoms with Gasteiger partial charge in [0.25, 0.3) is 0 Å². The molecular formula is C16H22N4OS2. The van der Waals surface area contributed by atoms with E-state index in [0.717, 1.165) is 16.4 Å². The zero-order valence-electron chi connectivity index (χ0n) is 13.7. The van der Waals surface area contributed by atoms with E-state index in [4.69, 9.17) is 0 Å². The molecule has 0 unspecified atom stereocenters. The van der Waals surface area contributed by atoms with E-state index in [2.05, 4.69) is 46.8 Å². The minimum atomic E-state index is -0.182. The molecule has 0 atom stereocenters. The van der Waals surface area contributed by atoms with Crippen LogP contribution in [0.15, 0.2) is 10.8 Å². The molecule has 3 rings (SSSR count). The first kappa shape index (κ1) is 16.4. The van der Waals surface area contributed by atoms with Crippen LogP contribution in [0.5, 0.6) is 0 Å². The predicted molar refractivity (Wildman–Crippen MR) is 94.0 cm³/mol. The summed E-state index contributed by atoms with van der Waals surface area (Å²) in [6.07, 6.45) is 2.51. The minimum absolute atomic E-state index is 0.0426. The van der Waals surface area contributed by atoms with Gasteiger partial charge in [0.1, 0.15) is 5.01 Å². The molecule has 2 amide bonds. The lowest BCUT2D eigenvalue weighted by Gasteiger charge is -2.14. The summed E-state index contributed by atoms with van der Waals surface area (Å²) in [5, 5.41) is 11.9. The van der Waals surface area contributed by atoms with Crippen molar-refractivity contribution in [3.8, 4) is 0 Å². The lowest BCUT2D eigenvalue weighted by molar-refractivity contribution is 0.240. The van der Waals surface area contributed by atoms with Crippen molar-refractivity contribution < 1.29 is 4.79 Å². The summed E-state index contributed by atoms with van der Waals surface area (Å²) in [6.45, 7) is 7.33. The monoisotopic (exact) mass is 350 g/mol. The zero-order valence-corrected chi connectivity index (χ0v) is 15.3. The average Bonchev–Trinajstić information content (AvgIpc) is 3.04. The van der Waals surface area contributed by atoms with Gasteiger partial charge in [-0.15, -0.1) is 22.7 Å². The maximum Gasteiger partial charge on any atom is 0.315 e. The van der Waals surface area contributed by atoms with E-state index >= 15 is 0 Å². The first-order chi connectivity index (χ1) is 10.9. The van der Waals surface area contributed by atoms with Crippen LogP contribution in [0, 0.1) is 0 Å². The summed E-state index contributed by atoms with van der Waals surface area (Å²) in [5.41, 5.74) is 2.05. The highest BCUT2D eigenvalue weighted by atomic mass is 32.1. The highest BCUT2D eigenvalue weighted by Crippen LogP contribution is 2.41. The summed E-state index contributed by atoms with van der Waals surface area (Å²) in [4.78, 5) is 21.0. The molecule has 23 heavy (non-hydrogen) atoms. The maximum absolute atomic E-state index is 11.9. The Morgan fingerprint density at radius 3 is 2.57 bits per heavy atom. The molecule has 0 spiro atoms. The first-order valence-corrected chi connectivity index (χ1v) is 9.58. The number of carbonyl (C=O) groups is 1. The number of thiazole rings is 2. The van der Waals surface area contributed by atoms with Gasteiger partial charge >= 0.3 is 6.03 Å². The molecule has 2 heterocycles. The van der Waals surface area contributed by atoms with Crippen LogP contribution < -0.4 is 10.6 Å². The van der Waals surface area contributed by atoms with Crippen LogP contribution in [0.3, 0.4) is 0 Å². The molecule has 0 aromatic carbocycles. The summed E-state index contributed by atoms with van der Waals surface area (Å²) >= 11 is 3.28. The van der Waals surface area contributed by atoms with Gasteiger partial charge in [0.2, 0.25) is 0 Å². The number of rotatable bonds is 5. The van der Waals surface area contributed by atoms with Crippen molar-refractivity contribution in [2.75, 3.05) is 0 Å². The number of amides is 2. The molecule has 124 valence electrons. The number of aromatic nitrogens is 2. The summed E-state index contributed by atoms with van der Waals surface area (Å²) in [6, 6.07) is -0.182. The van der Waals surface area contributed by atoms with E-state index in [1.54, 1.807) is 22.7 Å². The zero-order chi connectivity index (χ0) is 16.4. The Morgan fingerprint density at radius 2 is 1.91 bits per heavy atom. The molecule has 5 nitrogen and oxygen atoms in total. The molecule has 0 aliphatic heterocycles. The van der Waals surface area contributed by atoms with Crippen LogP contribution >= 0.6 is 22.7 Å². The van der Waals surface area contributed by atoms with Crippen LogP contribution in [0.25, 0.3) is 0 Å². The van der Waals surface area contributed by atoms with Gasteiger partial charge in [-0.25, -0.2) is 14.8 Å². The quantitative estimate of drug-likeness (QED) is 0.862. The van der Waals surface area contributed by atoms with Gasteiger partial charge in [0.15, 0.2) is 0 Å². The number of carbonyl (C=O) groups excluding carboxylic acids is 1. The highest BCUT2D eigenvalue weighted by molar-refractivity contribution is 7.10. The third-order valence-corrected chi connectivity index (χ3v) is 5.55. The topological polar surface area (TPSA) is 66.9 Å². The third kappa shape index (κ3) is 4.51. The van der Waals surface area contributed by atoms with E-state index in [-0.39, 0.29) is 11.4 Å². The summed E-state index contributed by atoms with van der Waals surface area (Å²) < 4.78 is 0. The number of urea groups is 1. The van der Waals surface area contributed by atoms with Gasteiger partial charge < -0.3 is 10.6 Å². The molecular weight excluding hydrogens is 328 g/mol. The maximum atomic E-state index is 11.9. The van der Waals surface area contributed by atoms with Crippen molar-refractivity contribution in [1.82, 2.24) is 20.6 Å². The fourth-order valence-corrected chi connectivity index (χ4v) is 4.00. The van der Waals surface area contributed by atoms with E-state index in [1.165, 1.54) is 17.8 Å². The minimum Gasteiger partial charge on any atom is -0.332 e. The Hall–Kier alpha value is -1.47. The van der Waals surface area contributed by atoms with Crippen LogP contribution in [0.2, 0.25) is 0 Å². The van der Waals surface area contributed by atoms with E-state index in [0.29, 0.717) is 19.0 Å². The molecule has 7 heteroatoms. The van der Waals surface area contributed by atoms with E-state index < -0.39 is 0 Å². The average molecular weight is 351 g/mol. The van der Waals surface area contributed by atoms with Crippen molar-refractivity contribution in [2.45, 2.75) is 58.0 Å². The molecule has 1 fully saturated rings. The van der Waals surface area contributed by atoms with Gasteiger partial charge in [-0.2, -0.15) is 0 Å². The molecule has 2 N–H and O–H groups in total. The molecule has 2 aromatic rings. The van der Waals surface area contributed by atoms with Crippen molar-refractivity contribution in [2.24, 2.45) is 0 Å². The van der Waals surface area contributed by atoms with Crippen molar-refractivity contribution >= 4 is 28.7 Å². The largest absolute Gasteiger partial charge is 0.332 e. The SMILES string of the molecule is CC(C)(C)c1csc(CNC(=O)NCc2csc(C3CC3)n2)n1. The third-order valence-electron chi connectivity index (χ3n) is 3.65. The van der Waals surface area contributed by atoms with Crippen molar-refractivity contribution in [3.63, 3.8) is 0 Å².